The Morgan fingerprint density at radius 3 is 2.00 bits per heavy atom. The van der Waals surface area contributed by atoms with Crippen LogP contribution in [0.4, 0.5) is 11.4 Å². The number of nitrogens with one attached hydrogen (secondary N) is 1. The fourth-order valence-corrected chi connectivity index (χ4v) is 4.02. The van der Waals surface area contributed by atoms with Gasteiger partial charge in [0.25, 0.3) is 11.8 Å². The van der Waals surface area contributed by atoms with Crippen LogP contribution in [0.2, 0.25) is 0 Å². The number of carbonyl (C=O) groups is 2. The first-order valence-corrected chi connectivity index (χ1v) is 10.8. The Kier molecular flexibility index (Phi) is 6.78. The molecule has 0 spiro atoms. The monoisotopic (exact) mass is 445 g/mol. The quantitative estimate of drug-likeness (QED) is 0.623. The van der Waals surface area contributed by atoms with E-state index in [1.54, 1.807) is 42.5 Å². The van der Waals surface area contributed by atoms with Crippen LogP contribution in [0.25, 0.3) is 0 Å². The average molecular weight is 446 g/mol. The van der Waals surface area contributed by atoms with Crippen molar-refractivity contribution in [2.75, 3.05) is 50.6 Å². The lowest BCUT2D eigenvalue weighted by molar-refractivity contribution is 0.0748. The van der Waals surface area contributed by atoms with Crippen molar-refractivity contribution in [2.45, 2.75) is 0 Å². The number of benzene rings is 3. The highest BCUT2D eigenvalue weighted by Crippen LogP contribution is 2.30. The minimum atomic E-state index is -0.404. The molecule has 1 N–H and O–H groups in total. The zero-order valence-corrected chi connectivity index (χ0v) is 18.8. The van der Waals surface area contributed by atoms with Crippen LogP contribution in [0.1, 0.15) is 20.7 Å². The van der Waals surface area contributed by atoms with Gasteiger partial charge in [0.2, 0.25) is 0 Å². The van der Waals surface area contributed by atoms with Crippen molar-refractivity contribution in [1.29, 1.82) is 0 Å². The lowest BCUT2D eigenvalue weighted by Gasteiger charge is -2.36. The molecule has 3 aromatic rings. The highest BCUT2D eigenvalue weighted by molar-refractivity contribution is 6.11. The van der Waals surface area contributed by atoms with Gasteiger partial charge in [-0.2, -0.15) is 0 Å². The van der Waals surface area contributed by atoms with E-state index in [0.717, 1.165) is 18.8 Å². The van der Waals surface area contributed by atoms with Crippen LogP contribution in [0.15, 0.2) is 72.8 Å². The third kappa shape index (κ3) is 4.77. The SMILES string of the molecule is COc1cccc(OC)c1C(=O)Nc1ccccc1C(=O)N1CCN(c2ccccc2)CC1. The van der Waals surface area contributed by atoms with E-state index in [-0.39, 0.29) is 11.5 Å². The zero-order valence-electron chi connectivity index (χ0n) is 18.8. The van der Waals surface area contributed by atoms with E-state index in [2.05, 4.69) is 22.3 Å². The van der Waals surface area contributed by atoms with Gasteiger partial charge < -0.3 is 24.6 Å². The molecule has 1 heterocycles. The number of nitrogens with zero attached hydrogens (tertiary/aromatic N) is 2. The highest BCUT2D eigenvalue weighted by atomic mass is 16.5. The van der Waals surface area contributed by atoms with E-state index in [1.165, 1.54) is 14.2 Å². The first-order chi connectivity index (χ1) is 16.1. The third-order valence-electron chi connectivity index (χ3n) is 5.75. The Hall–Kier alpha value is -4.00. The van der Waals surface area contributed by atoms with Crippen molar-refractivity contribution in [3.8, 4) is 11.5 Å². The van der Waals surface area contributed by atoms with Crippen molar-refractivity contribution in [3.63, 3.8) is 0 Å². The lowest BCUT2D eigenvalue weighted by Crippen LogP contribution is -2.48. The van der Waals surface area contributed by atoms with E-state index in [9.17, 15) is 9.59 Å². The molecule has 1 fully saturated rings. The van der Waals surface area contributed by atoms with Crippen molar-refractivity contribution in [1.82, 2.24) is 4.90 Å². The second-order valence-corrected chi connectivity index (χ2v) is 7.65. The number of methoxy groups -OCH3 is 2. The second-order valence-electron chi connectivity index (χ2n) is 7.65. The summed E-state index contributed by atoms with van der Waals surface area (Å²) in [6.45, 7) is 2.72. The maximum absolute atomic E-state index is 13.3. The maximum atomic E-state index is 13.3. The lowest BCUT2D eigenvalue weighted by atomic mass is 10.1. The Bertz CT molecular complexity index is 1100. The number of piperazine rings is 1. The molecule has 0 atom stereocenters. The molecule has 0 aromatic heterocycles. The van der Waals surface area contributed by atoms with E-state index >= 15 is 0 Å². The number of amides is 2. The summed E-state index contributed by atoms with van der Waals surface area (Å²) in [7, 11) is 3.00. The number of hydrogen-bond acceptors (Lipinski definition) is 5. The number of hydrogen-bond donors (Lipinski definition) is 1. The van der Waals surface area contributed by atoms with E-state index in [0.29, 0.717) is 35.8 Å². The number of carbonyl (C=O) groups excluding carboxylic acids is 2. The standard InChI is InChI=1S/C26H27N3O4/c1-32-22-13-8-14-23(33-2)24(22)25(30)27-21-12-7-6-11-20(21)26(31)29-17-15-28(16-18-29)19-9-4-3-5-10-19/h3-14H,15-18H2,1-2H3,(H,27,30). The Labute approximate surface area is 193 Å². The Morgan fingerprint density at radius 2 is 1.36 bits per heavy atom. The molecule has 1 aliphatic heterocycles. The van der Waals surface area contributed by atoms with Crippen molar-refractivity contribution < 1.29 is 19.1 Å². The Balaban J connectivity index is 1.50. The minimum absolute atomic E-state index is 0.106. The van der Waals surface area contributed by atoms with Gasteiger partial charge in [-0.15, -0.1) is 0 Å². The highest BCUT2D eigenvalue weighted by Gasteiger charge is 2.25. The molecule has 7 nitrogen and oxygen atoms in total. The number of anilines is 2. The normalized spacial score (nSPS) is 13.4. The van der Waals surface area contributed by atoms with Crippen LogP contribution < -0.4 is 19.7 Å². The molecule has 0 bridgehead atoms. The van der Waals surface area contributed by atoms with Crippen LogP contribution in [0.5, 0.6) is 11.5 Å². The van der Waals surface area contributed by atoms with Gasteiger partial charge in [0.15, 0.2) is 0 Å². The van der Waals surface area contributed by atoms with E-state index in [4.69, 9.17) is 9.47 Å². The molecule has 2 amide bonds. The topological polar surface area (TPSA) is 71.1 Å². The van der Waals surface area contributed by atoms with Crippen molar-refractivity contribution >= 4 is 23.2 Å². The summed E-state index contributed by atoms with van der Waals surface area (Å²) >= 11 is 0. The van der Waals surface area contributed by atoms with E-state index in [1.807, 2.05) is 23.1 Å². The maximum Gasteiger partial charge on any atom is 0.263 e. The summed E-state index contributed by atoms with van der Waals surface area (Å²) in [4.78, 5) is 30.6. The number of para-hydroxylation sites is 2. The molecule has 1 saturated heterocycles. The van der Waals surface area contributed by atoms with Crippen LogP contribution in [0, 0.1) is 0 Å². The van der Waals surface area contributed by atoms with Gasteiger partial charge in [-0.25, -0.2) is 0 Å². The largest absolute Gasteiger partial charge is 0.496 e. The van der Waals surface area contributed by atoms with Gasteiger partial charge in [-0.05, 0) is 36.4 Å². The minimum Gasteiger partial charge on any atom is -0.496 e. The molecule has 0 radical (unpaired) electrons. The summed E-state index contributed by atoms with van der Waals surface area (Å²) < 4.78 is 10.7. The smallest absolute Gasteiger partial charge is 0.263 e. The summed E-state index contributed by atoms with van der Waals surface area (Å²) in [5.74, 6) is 0.282. The predicted octanol–water partition coefficient (Wildman–Crippen LogP) is 3.92. The summed E-state index contributed by atoms with van der Waals surface area (Å²) in [6, 6.07) is 22.4. The summed E-state index contributed by atoms with van der Waals surface area (Å²) in [6.07, 6.45) is 0. The number of rotatable bonds is 6. The Morgan fingerprint density at radius 1 is 0.758 bits per heavy atom. The molecule has 170 valence electrons. The molecule has 1 aliphatic rings. The van der Waals surface area contributed by atoms with Gasteiger partial charge >= 0.3 is 0 Å². The first-order valence-electron chi connectivity index (χ1n) is 10.8. The third-order valence-corrected chi connectivity index (χ3v) is 5.75. The van der Waals surface area contributed by atoms with Gasteiger partial charge in [0.1, 0.15) is 17.1 Å². The molecule has 33 heavy (non-hydrogen) atoms. The van der Waals surface area contributed by atoms with Crippen molar-refractivity contribution in [2.24, 2.45) is 0 Å². The zero-order chi connectivity index (χ0) is 23.2. The van der Waals surface area contributed by atoms with Crippen LogP contribution in [-0.2, 0) is 0 Å². The van der Waals surface area contributed by atoms with Crippen LogP contribution in [-0.4, -0.2) is 57.1 Å². The second kappa shape index (κ2) is 10.1. The van der Waals surface area contributed by atoms with Crippen molar-refractivity contribution in [3.05, 3.63) is 83.9 Å². The van der Waals surface area contributed by atoms with Gasteiger partial charge in [-0.1, -0.05) is 36.4 Å². The summed E-state index contributed by atoms with van der Waals surface area (Å²) in [5, 5.41) is 2.87. The molecule has 0 aliphatic carbocycles. The van der Waals surface area contributed by atoms with Gasteiger partial charge in [0, 0.05) is 31.9 Å². The average Bonchev–Trinajstić information content (AvgIpc) is 2.88. The van der Waals surface area contributed by atoms with Gasteiger partial charge in [0.05, 0.1) is 25.5 Å². The predicted molar refractivity (Wildman–Crippen MR) is 128 cm³/mol. The molecule has 0 saturated carbocycles. The summed E-state index contributed by atoms with van der Waals surface area (Å²) in [5.41, 5.74) is 2.34. The number of ether oxygens (including phenoxy) is 2. The van der Waals surface area contributed by atoms with Gasteiger partial charge in [-0.3, -0.25) is 9.59 Å². The fourth-order valence-electron chi connectivity index (χ4n) is 4.02. The van der Waals surface area contributed by atoms with Crippen LogP contribution in [0.3, 0.4) is 0 Å². The fraction of sp³-hybridized carbons (Fsp3) is 0.231. The molecule has 3 aromatic carbocycles. The molecular weight excluding hydrogens is 418 g/mol. The molecule has 4 rings (SSSR count). The first kappa shape index (κ1) is 22.2. The van der Waals surface area contributed by atoms with E-state index < -0.39 is 5.91 Å². The molecule has 7 heteroatoms. The molecule has 0 unspecified atom stereocenters. The van der Waals surface area contributed by atoms with Crippen LogP contribution >= 0.6 is 0 Å². The molecular formula is C26H27N3O4.